The zero-order valence-corrected chi connectivity index (χ0v) is 7.31. The van der Waals surface area contributed by atoms with Gasteiger partial charge in [-0.25, -0.2) is 0 Å². The van der Waals surface area contributed by atoms with Gasteiger partial charge in [0.05, 0.1) is 13.2 Å². The van der Waals surface area contributed by atoms with Gasteiger partial charge < -0.3 is 9.84 Å². The summed E-state index contributed by atoms with van der Waals surface area (Å²) < 4.78 is 5.12. The number of hydrogen-bond donors (Lipinski definition) is 1. The molecule has 1 heterocycles. The first-order valence-electron chi connectivity index (χ1n) is 4.37. The maximum Gasteiger partial charge on any atom is 0.101 e. The molecule has 0 aromatic heterocycles. The fraction of sp³-hybridized carbons (Fsp3) is 0.273. The molecule has 68 valence electrons. The first kappa shape index (κ1) is 8.48. The van der Waals surface area contributed by atoms with Gasteiger partial charge >= 0.3 is 0 Å². The van der Waals surface area contributed by atoms with E-state index in [0.717, 1.165) is 11.1 Å². The van der Waals surface area contributed by atoms with E-state index in [1.807, 2.05) is 36.4 Å². The lowest BCUT2D eigenvalue weighted by Crippen LogP contribution is -2.06. The smallest absolute Gasteiger partial charge is 0.101 e. The van der Waals surface area contributed by atoms with Crippen LogP contribution in [0.2, 0.25) is 0 Å². The van der Waals surface area contributed by atoms with E-state index in [2.05, 4.69) is 0 Å². The zero-order valence-electron chi connectivity index (χ0n) is 7.31. The summed E-state index contributed by atoms with van der Waals surface area (Å²) in [7, 11) is 0. The number of aliphatic hydroxyl groups excluding tert-OH is 1. The van der Waals surface area contributed by atoms with E-state index in [-0.39, 0.29) is 0 Å². The number of ether oxygens (including phenoxy) is 1. The van der Waals surface area contributed by atoms with E-state index in [1.54, 1.807) is 0 Å². The van der Waals surface area contributed by atoms with Crippen molar-refractivity contribution < 1.29 is 9.84 Å². The monoisotopic (exact) mass is 176 g/mol. The van der Waals surface area contributed by atoms with Crippen LogP contribution in [0.15, 0.2) is 35.9 Å². The quantitative estimate of drug-likeness (QED) is 0.702. The van der Waals surface area contributed by atoms with Crippen molar-refractivity contribution in [2.24, 2.45) is 0 Å². The molecule has 0 radical (unpaired) electrons. The van der Waals surface area contributed by atoms with E-state index in [1.165, 1.54) is 0 Å². The Kier molecular flexibility index (Phi) is 2.43. The van der Waals surface area contributed by atoms with Crippen LogP contribution >= 0.6 is 0 Å². The molecule has 1 unspecified atom stereocenters. The van der Waals surface area contributed by atoms with Crippen molar-refractivity contribution in [3.05, 3.63) is 41.5 Å². The van der Waals surface area contributed by atoms with Gasteiger partial charge in [0.1, 0.15) is 6.10 Å². The highest BCUT2D eigenvalue weighted by molar-refractivity contribution is 5.54. The molecule has 0 aliphatic carbocycles. The molecule has 1 aliphatic heterocycles. The molecular formula is C11H12O2. The van der Waals surface area contributed by atoms with E-state index in [4.69, 9.17) is 4.74 Å². The van der Waals surface area contributed by atoms with Crippen LogP contribution in [0.3, 0.4) is 0 Å². The van der Waals surface area contributed by atoms with Crippen LogP contribution in [0.5, 0.6) is 0 Å². The van der Waals surface area contributed by atoms with Crippen molar-refractivity contribution in [3.63, 3.8) is 0 Å². The second-order valence-electron chi connectivity index (χ2n) is 3.16. The summed E-state index contributed by atoms with van der Waals surface area (Å²) in [5.41, 5.74) is 2.08. The maximum atomic E-state index is 9.46. The molecule has 1 aliphatic rings. The van der Waals surface area contributed by atoms with Crippen molar-refractivity contribution in [1.82, 2.24) is 0 Å². The molecule has 13 heavy (non-hydrogen) atoms. The summed E-state index contributed by atoms with van der Waals surface area (Å²) in [6, 6.07) is 9.96. The molecule has 0 bridgehead atoms. The molecule has 0 spiro atoms. The van der Waals surface area contributed by atoms with Gasteiger partial charge in [-0.15, -0.1) is 0 Å². The summed E-state index contributed by atoms with van der Waals surface area (Å²) in [4.78, 5) is 0. The highest BCUT2D eigenvalue weighted by atomic mass is 16.5. The van der Waals surface area contributed by atoms with Crippen LogP contribution in [0.1, 0.15) is 5.56 Å². The molecule has 0 amide bonds. The maximum absolute atomic E-state index is 9.46. The van der Waals surface area contributed by atoms with Crippen molar-refractivity contribution >= 4 is 6.08 Å². The highest BCUT2D eigenvalue weighted by Gasteiger charge is 2.17. The molecule has 1 aromatic rings. The molecular weight excluding hydrogens is 164 g/mol. The van der Waals surface area contributed by atoms with Crippen molar-refractivity contribution in [1.29, 1.82) is 0 Å². The minimum absolute atomic E-state index is 0.416. The van der Waals surface area contributed by atoms with E-state index >= 15 is 0 Å². The lowest BCUT2D eigenvalue weighted by Gasteiger charge is -2.00. The third-order valence-corrected chi connectivity index (χ3v) is 2.12. The topological polar surface area (TPSA) is 29.5 Å². The van der Waals surface area contributed by atoms with Crippen LogP contribution in [0, 0.1) is 0 Å². The van der Waals surface area contributed by atoms with Gasteiger partial charge in [0, 0.05) is 0 Å². The average molecular weight is 176 g/mol. The summed E-state index contributed by atoms with van der Waals surface area (Å²) in [6.45, 7) is 0.981. The molecule has 1 atom stereocenters. The predicted octanol–water partition coefficient (Wildman–Crippen LogP) is 1.46. The fourth-order valence-electron chi connectivity index (χ4n) is 1.39. The molecule has 2 heteroatoms. The molecule has 1 N–H and O–H groups in total. The third kappa shape index (κ3) is 1.97. The van der Waals surface area contributed by atoms with Gasteiger partial charge in [-0.2, -0.15) is 0 Å². The van der Waals surface area contributed by atoms with Gasteiger partial charge in [0.25, 0.3) is 0 Å². The minimum Gasteiger partial charge on any atom is -0.386 e. The predicted molar refractivity (Wildman–Crippen MR) is 51.2 cm³/mol. The number of hydrogen-bond acceptors (Lipinski definition) is 2. The van der Waals surface area contributed by atoms with Gasteiger partial charge in [0.2, 0.25) is 0 Å². The fourth-order valence-corrected chi connectivity index (χ4v) is 1.39. The molecule has 1 fully saturated rings. The number of benzene rings is 1. The Balaban J connectivity index is 2.20. The highest BCUT2D eigenvalue weighted by Crippen LogP contribution is 2.15. The molecule has 1 saturated heterocycles. The van der Waals surface area contributed by atoms with Crippen molar-refractivity contribution in [3.8, 4) is 0 Å². The summed E-state index contributed by atoms with van der Waals surface area (Å²) in [5.74, 6) is 0. The van der Waals surface area contributed by atoms with Gasteiger partial charge in [0.15, 0.2) is 0 Å². The third-order valence-electron chi connectivity index (χ3n) is 2.12. The Bertz CT molecular complexity index is 303. The first-order valence-corrected chi connectivity index (χ1v) is 4.37. The average Bonchev–Trinajstić information content (AvgIpc) is 2.54. The molecule has 0 saturated carbocycles. The van der Waals surface area contributed by atoms with E-state index < -0.39 is 6.10 Å². The van der Waals surface area contributed by atoms with Gasteiger partial charge in [-0.1, -0.05) is 36.4 Å². The molecule has 2 rings (SSSR count). The Morgan fingerprint density at radius 3 is 2.69 bits per heavy atom. The van der Waals surface area contributed by atoms with Crippen LogP contribution in [-0.2, 0) is 4.74 Å². The Morgan fingerprint density at radius 1 is 1.31 bits per heavy atom. The summed E-state index contributed by atoms with van der Waals surface area (Å²) in [5, 5.41) is 9.46. The normalized spacial score (nSPS) is 25.3. The van der Waals surface area contributed by atoms with Crippen molar-refractivity contribution in [2.75, 3.05) is 13.2 Å². The molecule has 1 aromatic carbocycles. The Labute approximate surface area is 77.5 Å². The summed E-state index contributed by atoms with van der Waals surface area (Å²) in [6.07, 6.45) is 1.57. The standard InChI is InChI=1S/C11H12O2/c12-11-8-13-7-10(11)6-9-4-2-1-3-5-9/h1-6,11-12H,7-8H2/b10-6+. The van der Waals surface area contributed by atoms with E-state index in [9.17, 15) is 5.11 Å². The Hall–Kier alpha value is -1.12. The minimum atomic E-state index is -0.416. The van der Waals surface area contributed by atoms with Crippen LogP contribution in [0.4, 0.5) is 0 Å². The lowest BCUT2D eigenvalue weighted by molar-refractivity contribution is 0.130. The van der Waals surface area contributed by atoms with Crippen molar-refractivity contribution in [2.45, 2.75) is 6.10 Å². The first-order chi connectivity index (χ1) is 6.36. The number of rotatable bonds is 1. The lowest BCUT2D eigenvalue weighted by atomic mass is 10.1. The van der Waals surface area contributed by atoms with Crippen LogP contribution in [-0.4, -0.2) is 24.4 Å². The SMILES string of the molecule is OC1COC/C1=C\c1ccccc1. The zero-order chi connectivity index (χ0) is 9.10. The Morgan fingerprint density at radius 2 is 2.08 bits per heavy atom. The second-order valence-corrected chi connectivity index (χ2v) is 3.16. The van der Waals surface area contributed by atoms with Crippen LogP contribution in [0.25, 0.3) is 6.08 Å². The van der Waals surface area contributed by atoms with Gasteiger partial charge in [-0.05, 0) is 11.1 Å². The molecule has 2 nitrogen and oxygen atoms in total. The second kappa shape index (κ2) is 3.73. The van der Waals surface area contributed by atoms with Crippen LogP contribution < -0.4 is 0 Å². The van der Waals surface area contributed by atoms with E-state index in [0.29, 0.717) is 13.2 Å². The number of aliphatic hydroxyl groups is 1. The van der Waals surface area contributed by atoms with Gasteiger partial charge in [-0.3, -0.25) is 0 Å². The summed E-state index contributed by atoms with van der Waals surface area (Å²) >= 11 is 0. The largest absolute Gasteiger partial charge is 0.386 e.